The van der Waals surface area contributed by atoms with Crippen molar-refractivity contribution >= 4 is 19.8 Å². The topological polar surface area (TPSA) is 134 Å². The van der Waals surface area contributed by atoms with Crippen LogP contribution in [0.25, 0.3) is 0 Å². The number of phosphoric ester groups is 1. The third-order valence-corrected chi connectivity index (χ3v) is 9.34. The molecule has 0 rings (SSSR count). The smallest absolute Gasteiger partial charge is 0.462 e. The highest BCUT2D eigenvalue weighted by Gasteiger charge is 2.25. The zero-order valence-corrected chi connectivity index (χ0v) is 32.3. The Hall–Kier alpha value is -1.51. The first-order valence-electron chi connectivity index (χ1n) is 19.8. The molecule has 0 saturated carbocycles. The fourth-order valence-corrected chi connectivity index (χ4v) is 6.16. The summed E-state index contributed by atoms with van der Waals surface area (Å²) in [6.07, 6.45) is 36.5. The Kier molecular flexibility index (Phi) is 35.2. The Labute approximate surface area is 300 Å². The standard InChI is InChI=1S/C39H74NO8P/c1-3-5-7-9-11-13-15-17-18-20-21-23-25-27-29-31-38(41)45-35-37(36-47-49(43,44)46-34-33-40)48-39(42)32-30-28-26-24-22-19-16-14-12-10-8-6-4-2/h19,22,26,28,37H,3-18,20-21,23-25,27,29-36,40H2,1-2H3,(H,43,44)/b22-19+,28-26+. The molecule has 0 spiro atoms. The van der Waals surface area contributed by atoms with Crippen LogP contribution in [0.1, 0.15) is 181 Å². The lowest BCUT2D eigenvalue weighted by Gasteiger charge is -2.19. The van der Waals surface area contributed by atoms with Crippen LogP contribution in [0.2, 0.25) is 0 Å². The summed E-state index contributed by atoms with van der Waals surface area (Å²) in [5.41, 5.74) is 5.33. The van der Waals surface area contributed by atoms with E-state index in [-0.39, 0.29) is 32.6 Å². The highest BCUT2D eigenvalue weighted by molar-refractivity contribution is 7.47. The largest absolute Gasteiger partial charge is 0.472 e. The molecule has 0 amide bonds. The molecule has 0 aromatic carbocycles. The molecule has 0 aliphatic heterocycles. The number of esters is 2. The van der Waals surface area contributed by atoms with Crippen LogP contribution in [0.4, 0.5) is 0 Å². The van der Waals surface area contributed by atoms with Gasteiger partial charge in [-0.2, -0.15) is 0 Å². The predicted molar refractivity (Wildman–Crippen MR) is 201 cm³/mol. The van der Waals surface area contributed by atoms with Crippen molar-refractivity contribution < 1.29 is 37.6 Å². The summed E-state index contributed by atoms with van der Waals surface area (Å²) in [6, 6.07) is 0. The van der Waals surface area contributed by atoms with Crippen LogP contribution >= 0.6 is 7.82 Å². The van der Waals surface area contributed by atoms with E-state index in [1.807, 2.05) is 12.2 Å². The molecule has 0 aliphatic rings. The lowest BCUT2D eigenvalue weighted by molar-refractivity contribution is -0.161. The average Bonchev–Trinajstić information content (AvgIpc) is 3.08. The number of allylic oxidation sites excluding steroid dienone is 4. The maximum absolute atomic E-state index is 12.5. The fraction of sp³-hybridized carbons (Fsp3) is 0.846. The van der Waals surface area contributed by atoms with Crippen LogP contribution in [0.3, 0.4) is 0 Å². The van der Waals surface area contributed by atoms with Crippen molar-refractivity contribution in [2.45, 2.75) is 187 Å². The Morgan fingerprint density at radius 2 is 1.10 bits per heavy atom. The van der Waals surface area contributed by atoms with Gasteiger partial charge in [-0.05, 0) is 32.1 Å². The van der Waals surface area contributed by atoms with Crippen molar-refractivity contribution in [3.63, 3.8) is 0 Å². The maximum atomic E-state index is 12.5. The van der Waals surface area contributed by atoms with Crippen LogP contribution in [0, 0.1) is 0 Å². The van der Waals surface area contributed by atoms with E-state index in [9.17, 15) is 19.0 Å². The normalized spacial score (nSPS) is 13.6. The van der Waals surface area contributed by atoms with Gasteiger partial charge >= 0.3 is 19.8 Å². The van der Waals surface area contributed by atoms with Gasteiger partial charge in [0.25, 0.3) is 0 Å². The first-order chi connectivity index (χ1) is 23.8. The van der Waals surface area contributed by atoms with Gasteiger partial charge in [-0.3, -0.25) is 18.6 Å². The third-order valence-electron chi connectivity index (χ3n) is 8.35. The molecule has 0 aromatic rings. The lowest BCUT2D eigenvalue weighted by Crippen LogP contribution is -2.29. The molecule has 0 aromatic heterocycles. The van der Waals surface area contributed by atoms with E-state index in [0.29, 0.717) is 6.42 Å². The number of ether oxygens (including phenoxy) is 2. The molecule has 2 atom stereocenters. The summed E-state index contributed by atoms with van der Waals surface area (Å²) in [6.45, 7) is 3.66. The summed E-state index contributed by atoms with van der Waals surface area (Å²) < 4.78 is 32.6. The molecule has 10 heteroatoms. The molecule has 3 N–H and O–H groups in total. The Balaban J connectivity index is 4.25. The van der Waals surface area contributed by atoms with Crippen LogP contribution in [0.15, 0.2) is 24.3 Å². The molecule has 288 valence electrons. The molecular weight excluding hydrogens is 641 g/mol. The molecule has 0 saturated heterocycles. The Bertz CT molecular complexity index is 866. The number of carbonyl (C=O) groups excluding carboxylic acids is 2. The number of rotatable bonds is 37. The molecule has 0 heterocycles. The average molecular weight is 716 g/mol. The van der Waals surface area contributed by atoms with Crippen molar-refractivity contribution in [3.8, 4) is 0 Å². The molecule has 0 aliphatic carbocycles. The number of phosphoric acid groups is 1. The summed E-state index contributed by atoms with van der Waals surface area (Å²) in [7, 11) is -4.38. The molecule has 9 nitrogen and oxygen atoms in total. The highest BCUT2D eigenvalue weighted by atomic mass is 31.2. The molecule has 0 fully saturated rings. The van der Waals surface area contributed by atoms with Crippen LogP contribution in [0.5, 0.6) is 0 Å². The predicted octanol–water partition coefficient (Wildman–Crippen LogP) is 10.8. The van der Waals surface area contributed by atoms with Gasteiger partial charge in [-0.1, -0.05) is 160 Å². The van der Waals surface area contributed by atoms with Gasteiger partial charge in [0.1, 0.15) is 6.61 Å². The van der Waals surface area contributed by atoms with Gasteiger partial charge in [0.15, 0.2) is 6.10 Å². The summed E-state index contributed by atoms with van der Waals surface area (Å²) >= 11 is 0. The molecule has 0 bridgehead atoms. The van der Waals surface area contributed by atoms with Gasteiger partial charge in [-0.15, -0.1) is 0 Å². The van der Waals surface area contributed by atoms with Crippen LogP contribution in [-0.4, -0.2) is 49.3 Å². The van der Waals surface area contributed by atoms with Crippen molar-refractivity contribution in [1.29, 1.82) is 0 Å². The van der Waals surface area contributed by atoms with Crippen molar-refractivity contribution in [2.75, 3.05) is 26.4 Å². The third kappa shape index (κ3) is 36.1. The van der Waals surface area contributed by atoms with Gasteiger partial charge < -0.3 is 20.1 Å². The number of nitrogens with two attached hydrogens (primary N) is 1. The van der Waals surface area contributed by atoms with Gasteiger partial charge in [-0.25, -0.2) is 4.57 Å². The minimum Gasteiger partial charge on any atom is -0.462 e. The van der Waals surface area contributed by atoms with Crippen LogP contribution < -0.4 is 5.73 Å². The second-order valence-electron chi connectivity index (χ2n) is 13.2. The second kappa shape index (κ2) is 36.3. The summed E-state index contributed by atoms with van der Waals surface area (Å²) in [5.74, 6) is -0.902. The number of hydrogen-bond acceptors (Lipinski definition) is 8. The SMILES string of the molecule is CCCCCCCC/C=C/C/C=C/CCC(=O)OC(COC(=O)CCCCCCCCCCCCCCCCC)COP(=O)(O)OCCN. The monoisotopic (exact) mass is 716 g/mol. The zero-order chi connectivity index (χ0) is 36.1. The molecule has 2 unspecified atom stereocenters. The van der Waals surface area contributed by atoms with Crippen molar-refractivity contribution in [3.05, 3.63) is 24.3 Å². The van der Waals surface area contributed by atoms with E-state index >= 15 is 0 Å². The molecule has 49 heavy (non-hydrogen) atoms. The quantitative estimate of drug-likeness (QED) is 0.0279. The number of hydrogen-bond donors (Lipinski definition) is 2. The lowest BCUT2D eigenvalue weighted by atomic mass is 10.0. The Morgan fingerprint density at radius 3 is 1.63 bits per heavy atom. The van der Waals surface area contributed by atoms with Crippen molar-refractivity contribution in [2.24, 2.45) is 5.73 Å². The van der Waals surface area contributed by atoms with E-state index in [0.717, 1.165) is 32.1 Å². The summed E-state index contributed by atoms with van der Waals surface area (Å²) in [4.78, 5) is 34.7. The van der Waals surface area contributed by atoms with E-state index in [1.54, 1.807) is 0 Å². The van der Waals surface area contributed by atoms with Gasteiger partial charge in [0.2, 0.25) is 0 Å². The molecule has 0 radical (unpaired) electrons. The minimum absolute atomic E-state index is 0.0473. The van der Waals surface area contributed by atoms with E-state index in [4.69, 9.17) is 24.3 Å². The first kappa shape index (κ1) is 47.5. The fourth-order valence-electron chi connectivity index (χ4n) is 5.39. The summed E-state index contributed by atoms with van der Waals surface area (Å²) in [5, 5.41) is 0. The first-order valence-corrected chi connectivity index (χ1v) is 21.3. The Morgan fingerprint density at radius 1 is 0.612 bits per heavy atom. The highest BCUT2D eigenvalue weighted by Crippen LogP contribution is 2.43. The van der Waals surface area contributed by atoms with E-state index in [1.165, 1.54) is 116 Å². The maximum Gasteiger partial charge on any atom is 0.472 e. The molecular formula is C39H74NO8P. The van der Waals surface area contributed by atoms with Gasteiger partial charge in [0.05, 0.1) is 13.2 Å². The van der Waals surface area contributed by atoms with E-state index < -0.39 is 32.5 Å². The zero-order valence-electron chi connectivity index (χ0n) is 31.4. The second-order valence-corrected chi connectivity index (χ2v) is 14.6. The van der Waals surface area contributed by atoms with Crippen molar-refractivity contribution in [1.82, 2.24) is 0 Å². The van der Waals surface area contributed by atoms with E-state index in [2.05, 4.69) is 26.0 Å². The van der Waals surface area contributed by atoms with Crippen LogP contribution in [-0.2, 0) is 32.7 Å². The minimum atomic E-state index is -4.38. The number of carbonyl (C=O) groups is 2. The number of unbranched alkanes of at least 4 members (excludes halogenated alkanes) is 20. The van der Waals surface area contributed by atoms with Gasteiger partial charge in [0, 0.05) is 19.4 Å².